The molecule has 126 valence electrons. The molecule has 0 saturated carbocycles. The average molecular weight is 325 g/mol. The number of ether oxygens (including phenoxy) is 2. The van der Waals surface area contributed by atoms with Gasteiger partial charge in [0, 0.05) is 20.1 Å². The average Bonchev–Trinajstić information content (AvgIpc) is 3.04. The Hall–Kier alpha value is -2.69. The summed E-state index contributed by atoms with van der Waals surface area (Å²) in [5.74, 6) is 2.44. The zero-order valence-electron chi connectivity index (χ0n) is 14.2. The highest BCUT2D eigenvalue weighted by molar-refractivity contribution is 5.81. The number of likely N-dealkylation sites (N-methyl/N-ethyl adjacent to an activating group) is 1. The van der Waals surface area contributed by atoms with Crippen LogP contribution < -0.4 is 14.8 Å². The van der Waals surface area contributed by atoms with Crippen molar-refractivity contribution in [1.29, 1.82) is 0 Å². The van der Waals surface area contributed by atoms with Gasteiger partial charge >= 0.3 is 0 Å². The van der Waals surface area contributed by atoms with Crippen molar-refractivity contribution < 1.29 is 9.47 Å². The van der Waals surface area contributed by atoms with E-state index in [9.17, 15) is 0 Å². The summed E-state index contributed by atoms with van der Waals surface area (Å²) >= 11 is 0. The lowest BCUT2D eigenvalue weighted by molar-refractivity contribution is 0.284. The van der Waals surface area contributed by atoms with Crippen molar-refractivity contribution in [3.8, 4) is 11.5 Å². The third kappa shape index (κ3) is 3.98. The largest absolute Gasteiger partial charge is 0.493 e. The van der Waals surface area contributed by atoms with Crippen molar-refractivity contribution in [3.63, 3.8) is 0 Å². The third-order valence-electron chi connectivity index (χ3n) is 3.97. The lowest BCUT2D eigenvalue weighted by Crippen LogP contribution is -2.35. The molecule has 1 heterocycles. The number of benzene rings is 2. The summed E-state index contributed by atoms with van der Waals surface area (Å²) in [7, 11) is 3.71. The number of aliphatic imine (C=N–C) groups is 1. The maximum absolute atomic E-state index is 5.89. The first-order valence-electron chi connectivity index (χ1n) is 8.09. The van der Waals surface area contributed by atoms with E-state index in [4.69, 9.17) is 9.47 Å². The molecule has 0 bridgehead atoms. The molecule has 0 unspecified atom stereocenters. The van der Waals surface area contributed by atoms with Crippen molar-refractivity contribution in [2.24, 2.45) is 4.99 Å². The highest BCUT2D eigenvalue weighted by Crippen LogP contribution is 2.28. The van der Waals surface area contributed by atoms with Crippen LogP contribution in [-0.4, -0.2) is 38.1 Å². The smallest absolute Gasteiger partial charge is 0.194 e. The van der Waals surface area contributed by atoms with Crippen molar-refractivity contribution in [2.45, 2.75) is 13.2 Å². The topological polar surface area (TPSA) is 46.1 Å². The Bertz CT molecular complexity index is 701. The van der Waals surface area contributed by atoms with Gasteiger partial charge in [0.1, 0.15) is 6.61 Å². The summed E-state index contributed by atoms with van der Waals surface area (Å²) in [5.41, 5.74) is 2.26. The second-order valence-corrected chi connectivity index (χ2v) is 5.74. The highest BCUT2D eigenvalue weighted by atomic mass is 16.5. The van der Waals surface area contributed by atoms with Crippen molar-refractivity contribution in [2.75, 3.05) is 27.2 Å². The van der Waals surface area contributed by atoms with Gasteiger partial charge < -0.3 is 19.7 Å². The summed E-state index contributed by atoms with van der Waals surface area (Å²) in [4.78, 5) is 6.55. The summed E-state index contributed by atoms with van der Waals surface area (Å²) in [5, 5.41) is 3.36. The van der Waals surface area contributed by atoms with E-state index in [1.54, 1.807) is 7.11 Å². The normalized spacial score (nSPS) is 13.6. The van der Waals surface area contributed by atoms with Crippen LogP contribution in [0.4, 0.5) is 0 Å². The van der Waals surface area contributed by atoms with Crippen LogP contribution in [0.3, 0.4) is 0 Å². The maximum Gasteiger partial charge on any atom is 0.194 e. The van der Waals surface area contributed by atoms with E-state index in [0.29, 0.717) is 13.2 Å². The Morgan fingerprint density at radius 3 is 2.62 bits per heavy atom. The SMILES string of the molecule is COc1cc(CNC2=NCCN2C)ccc1OCc1ccccc1. The summed E-state index contributed by atoms with van der Waals surface area (Å²) in [6.45, 7) is 3.06. The van der Waals surface area contributed by atoms with Gasteiger partial charge in [0.15, 0.2) is 17.5 Å². The predicted octanol–water partition coefficient (Wildman–Crippen LogP) is 2.67. The third-order valence-corrected chi connectivity index (χ3v) is 3.97. The van der Waals surface area contributed by atoms with Crippen LogP contribution in [0.25, 0.3) is 0 Å². The van der Waals surface area contributed by atoms with Gasteiger partial charge in [-0.15, -0.1) is 0 Å². The van der Waals surface area contributed by atoms with Crippen LogP contribution in [0.5, 0.6) is 11.5 Å². The molecule has 5 nitrogen and oxygen atoms in total. The monoisotopic (exact) mass is 325 g/mol. The molecule has 0 atom stereocenters. The zero-order valence-corrected chi connectivity index (χ0v) is 14.2. The summed E-state index contributed by atoms with van der Waals surface area (Å²) in [6.07, 6.45) is 0. The molecule has 1 aliphatic rings. The van der Waals surface area contributed by atoms with E-state index >= 15 is 0 Å². The van der Waals surface area contributed by atoms with Crippen LogP contribution in [0.15, 0.2) is 53.5 Å². The minimum Gasteiger partial charge on any atom is -0.493 e. The fourth-order valence-electron chi connectivity index (χ4n) is 2.58. The molecule has 0 aromatic heterocycles. The molecule has 2 aromatic rings. The van der Waals surface area contributed by atoms with Gasteiger partial charge in [0.2, 0.25) is 0 Å². The summed E-state index contributed by atoms with van der Waals surface area (Å²) in [6, 6.07) is 16.1. The molecule has 24 heavy (non-hydrogen) atoms. The lowest BCUT2D eigenvalue weighted by Gasteiger charge is -2.16. The van der Waals surface area contributed by atoms with Gasteiger partial charge in [-0.25, -0.2) is 0 Å². The van der Waals surface area contributed by atoms with Crippen molar-refractivity contribution in [3.05, 3.63) is 59.7 Å². The van der Waals surface area contributed by atoms with Crippen LogP contribution >= 0.6 is 0 Å². The fourth-order valence-corrected chi connectivity index (χ4v) is 2.58. The van der Waals surface area contributed by atoms with Crippen LogP contribution in [0.1, 0.15) is 11.1 Å². The number of hydrogen-bond acceptors (Lipinski definition) is 5. The minimum atomic E-state index is 0.524. The number of rotatable bonds is 6. The Morgan fingerprint density at radius 1 is 1.08 bits per heavy atom. The Morgan fingerprint density at radius 2 is 1.92 bits per heavy atom. The second kappa shape index (κ2) is 7.73. The van der Waals surface area contributed by atoms with Crippen LogP contribution in [0, 0.1) is 0 Å². The molecular weight excluding hydrogens is 302 g/mol. The lowest BCUT2D eigenvalue weighted by atomic mass is 10.2. The standard InChI is InChI=1S/C19H23N3O2/c1-22-11-10-20-19(22)21-13-16-8-9-17(18(12-16)23-2)24-14-15-6-4-3-5-7-15/h3-9,12H,10-11,13-14H2,1-2H3,(H,20,21). The molecule has 0 fully saturated rings. The molecule has 3 rings (SSSR count). The van der Waals surface area contributed by atoms with Crippen molar-refractivity contribution in [1.82, 2.24) is 10.2 Å². The first kappa shape index (κ1) is 16.2. The fraction of sp³-hybridized carbons (Fsp3) is 0.316. The van der Waals surface area contributed by atoms with Gasteiger partial charge in [-0.05, 0) is 23.3 Å². The van der Waals surface area contributed by atoms with Gasteiger partial charge in [0.25, 0.3) is 0 Å². The highest BCUT2D eigenvalue weighted by Gasteiger charge is 2.12. The van der Waals surface area contributed by atoms with Crippen LogP contribution in [0.2, 0.25) is 0 Å². The van der Waals surface area contributed by atoms with Gasteiger partial charge in [0.05, 0.1) is 13.7 Å². The molecule has 1 N–H and O–H groups in total. The Kier molecular flexibility index (Phi) is 5.21. The van der Waals surface area contributed by atoms with E-state index in [2.05, 4.69) is 15.2 Å². The van der Waals surface area contributed by atoms with E-state index in [-0.39, 0.29) is 0 Å². The van der Waals surface area contributed by atoms with Gasteiger partial charge in [-0.3, -0.25) is 4.99 Å². The van der Waals surface area contributed by atoms with Gasteiger partial charge in [-0.2, -0.15) is 0 Å². The molecule has 0 radical (unpaired) electrons. The molecule has 2 aromatic carbocycles. The number of methoxy groups -OCH3 is 1. The molecule has 0 saturated heterocycles. The molecule has 0 spiro atoms. The number of hydrogen-bond donors (Lipinski definition) is 1. The second-order valence-electron chi connectivity index (χ2n) is 5.74. The number of nitrogens with one attached hydrogen (secondary N) is 1. The molecule has 0 aliphatic carbocycles. The minimum absolute atomic E-state index is 0.524. The first-order chi connectivity index (χ1) is 11.8. The Balaban J connectivity index is 1.62. The number of guanidine groups is 1. The summed E-state index contributed by atoms with van der Waals surface area (Å²) < 4.78 is 11.4. The molecular formula is C19H23N3O2. The van der Waals surface area contributed by atoms with E-state index in [1.165, 1.54) is 0 Å². The maximum atomic E-state index is 5.89. The number of nitrogens with zero attached hydrogens (tertiary/aromatic N) is 2. The predicted molar refractivity (Wildman–Crippen MR) is 95.5 cm³/mol. The quantitative estimate of drug-likeness (QED) is 0.887. The van der Waals surface area contributed by atoms with E-state index in [0.717, 1.165) is 41.7 Å². The van der Waals surface area contributed by atoms with E-state index < -0.39 is 0 Å². The molecule has 0 amide bonds. The zero-order chi connectivity index (χ0) is 16.8. The van der Waals surface area contributed by atoms with Gasteiger partial charge in [-0.1, -0.05) is 36.4 Å². The van der Waals surface area contributed by atoms with Crippen LogP contribution in [-0.2, 0) is 13.2 Å². The molecule has 5 heteroatoms. The first-order valence-corrected chi connectivity index (χ1v) is 8.09. The molecule has 1 aliphatic heterocycles. The Labute approximate surface area is 142 Å². The van der Waals surface area contributed by atoms with E-state index in [1.807, 2.05) is 55.6 Å². The van der Waals surface area contributed by atoms with Crippen molar-refractivity contribution >= 4 is 5.96 Å².